The zero-order valence-corrected chi connectivity index (χ0v) is 12.6. The number of nitrogens with two attached hydrogens (primary N) is 1. The van der Waals surface area contributed by atoms with Crippen LogP contribution in [-0.2, 0) is 11.3 Å². The second-order valence-corrected chi connectivity index (χ2v) is 5.10. The first kappa shape index (κ1) is 16.5. The second-order valence-electron chi connectivity index (χ2n) is 5.10. The Kier molecular flexibility index (Phi) is 5.71. The van der Waals surface area contributed by atoms with Crippen LogP contribution in [0.1, 0.15) is 17.0 Å². The summed E-state index contributed by atoms with van der Waals surface area (Å²) in [5.74, 6) is -0.917. The third-order valence-corrected chi connectivity index (χ3v) is 3.40. The van der Waals surface area contributed by atoms with E-state index in [2.05, 4.69) is 10.6 Å². The van der Waals surface area contributed by atoms with Gasteiger partial charge in [0.1, 0.15) is 0 Å². The highest BCUT2D eigenvalue weighted by Crippen LogP contribution is 2.15. The van der Waals surface area contributed by atoms with Crippen LogP contribution in [0.5, 0.6) is 0 Å². The molecular weight excluding hydrogens is 292 g/mol. The highest BCUT2D eigenvalue weighted by molar-refractivity contribution is 5.89. The van der Waals surface area contributed by atoms with E-state index in [1.165, 1.54) is 0 Å². The molecule has 1 atom stereocenters. The van der Waals surface area contributed by atoms with Crippen LogP contribution in [0.3, 0.4) is 0 Å². The summed E-state index contributed by atoms with van der Waals surface area (Å²) >= 11 is 0. The number of carbonyl (C=O) groups excluding carboxylic acids is 1. The Labute approximate surface area is 134 Å². The maximum Gasteiger partial charge on any atom is 0.230 e. The van der Waals surface area contributed by atoms with Crippen molar-refractivity contribution in [3.05, 3.63) is 65.7 Å². The van der Waals surface area contributed by atoms with Crippen molar-refractivity contribution in [3.63, 3.8) is 0 Å². The van der Waals surface area contributed by atoms with Crippen molar-refractivity contribution >= 4 is 17.6 Å². The van der Waals surface area contributed by atoms with Gasteiger partial charge in [-0.25, -0.2) is 0 Å². The zero-order chi connectivity index (χ0) is 16.7. The SMILES string of the molecule is N=C(N)Nc1ccc(CNC(=O)C(CO)c2ccccc2)cc1. The van der Waals surface area contributed by atoms with Crippen LogP contribution >= 0.6 is 0 Å². The van der Waals surface area contributed by atoms with Gasteiger partial charge < -0.3 is 21.5 Å². The molecule has 0 aromatic heterocycles. The molecule has 23 heavy (non-hydrogen) atoms. The molecule has 6 heteroatoms. The maximum absolute atomic E-state index is 12.2. The Balaban J connectivity index is 1.94. The average Bonchev–Trinajstić information content (AvgIpc) is 2.55. The van der Waals surface area contributed by atoms with E-state index in [1.54, 1.807) is 12.1 Å². The minimum atomic E-state index is -0.574. The van der Waals surface area contributed by atoms with Gasteiger partial charge in [0.25, 0.3) is 0 Å². The summed E-state index contributed by atoms with van der Waals surface area (Å²) in [6, 6.07) is 16.4. The largest absolute Gasteiger partial charge is 0.395 e. The number of aliphatic hydroxyl groups excluding tert-OH is 1. The Morgan fingerprint density at radius 2 is 1.78 bits per heavy atom. The average molecular weight is 312 g/mol. The molecule has 2 aromatic rings. The molecule has 0 aliphatic rings. The summed E-state index contributed by atoms with van der Waals surface area (Å²) in [6.45, 7) is 0.125. The molecule has 0 aliphatic carbocycles. The Bertz CT molecular complexity index is 656. The molecule has 0 fully saturated rings. The van der Waals surface area contributed by atoms with Gasteiger partial charge in [-0.15, -0.1) is 0 Å². The molecular formula is C17H20N4O2. The Hall–Kier alpha value is -2.86. The lowest BCUT2D eigenvalue weighted by Crippen LogP contribution is -2.30. The molecule has 0 aliphatic heterocycles. The monoisotopic (exact) mass is 312 g/mol. The van der Waals surface area contributed by atoms with Crippen LogP contribution in [0, 0.1) is 5.41 Å². The number of anilines is 1. The first-order chi connectivity index (χ1) is 11.1. The zero-order valence-electron chi connectivity index (χ0n) is 12.6. The van der Waals surface area contributed by atoms with E-state index in [1.807, 2.05) is 42.5 Å². The van der Waals surface area contributed by atoms with E-state index in [4.69, 9.17) is 11.1 Å². The van der Waals surface area contributed by atoms with E-state index < -0.39 is 5.92 Å². The van der Waals surface area contributed by atoms with E-state index in [9.17, 15) is 9.90 Å². The number of benzene rings is 2. The highest BCUT2D eigenvalue weighted by atomic mass is 16.3. The van der Waals surface area contributed by atoms with Gasteiger partial charge in [-0.1, -0.05) is 42.5 Å². The van der Waals surface area contributed by atoms with Gasteiger partial charge in [-0.2, -0.15) is 0 Å². The number of hydrogen-bond acceptors (Lipinski definition) is 3. The van der Waals surface area contributed by atoms with Crippen LogP contribution < -0.4 is 16.4 Å². The number of nitrogens with one attached hydrogen (secondary N) is 3. The van der Waals surface area contributed by atoms with E-state index in [-0.39, 0.29) is 18.5 Å². The predicted octanol–water partition coefficient (Wildman–Crippen LogP) is 1.38. The van der Waals surface area contributed by atoms with Gasteiger partial charge in [0, 0.05) is 12.2 Å². The van der Waals surface area contributed by atoms with Crippen molar-refractivity contribution in [2.75, 3.05) is 11.9 Å². The Morgan fingerprint density at radius 3 is 2.35 bits per heavy atom. The summed E-state index contributed by atoms with van der Waals surface area (Å²) < 4.78 is 0. The number of rotatable bonds is 6. The second kappa shape index (κ2) is 7.95. The fraction of sp³-hybridized carbons (Fsp3) is 0.176. The van der Waals surface area contributed by atoms with E-state index in [0.29, 0.717) is 12.2 Å². The fourth-order valence-electron chi connectivity index (χ4n) is 2.20. The summed E-state index contributed by atoms with van der Waals surface area (Å²) in [5, 5.41) is 22.1. The summed E-state index contributed by atoms with van der Waals surface area (Å²) in [6.07, 6.45) is 0. The topological polar surface area (TPSA) is 111 Å². The number of amides is 1. The first-order valence-corrected chi connectivity index (χ1v) is 7.23. The molecule has 0 heterocycles. The van der Waals surface area contributed by atoms with Crippen LogP contribution in [0.4, 0.5) is 5.69 Å². The van der Waals surface area contributed by atoms with Gasteiger partial charge in [0.05, 0.1) is 12.5 Å². The lowest BCUT2D eigenvalue weighted by molar-refractivity contribution is -0.123. The lowest BCUT2D eigenvalue weighted by Gasteiger charge is -2.15. The van der Waals surface area contributed by atoms with Crippen molar-refractivity contribution < 1.29 is 9.90 Å². The standard InChI is InChI=1S/C17H20N4O2/c18-17(19)21-14-8-6-12(7-9-14)10-20-16(23)15(11-22)13-4-2-1-3-5-13/h1-9,15,22H,10-11H2,(H,20,23)(H4,18,19,21). The summed E-state index contributed by atoms with van der Waals surface area (Å²) in [7, 11) is 0. The van der Waals surface area contributed by atoms with E-state index >= 15 is 0 Å². The number of carbonyl (C=O) groups is 1. The highest BCUT2D eigenvalue weighted by Gasteiger charge is 2.18. The lowest BCUT2D eigenvalue weighted by atomic mass is 9.99. The van der Waals surface area contributed by atoms with Gasteiger partial charge in [-0.05, 0) is 23.3 Å². The van der Waals surface area contributed by atoms with Gasteiger partial charge in [-0.3, -0.25) is 10.2 Å². The maximum atomic E-state index is 12.2. The van der Waals surface area contributed by atoms with Crippen LogP contribution in [-0.4, -0.2) is 23.6 Å². The third-order valence-electron chi connectivity index (χ3n) is 3.40. The van der Waals surface area contributed by atoms with Gasteiger partial charge in [0.15, 0.2) is 5.96 Å². The number of aliphatic hydroxyl groups is 1. The predicted molar refractivity (Wildman–Crippen MR) is 90.1 cm³/mol. The minimum absolute atomic E-state index is 0.125. The molecule has 0 saturated heterocycles. The molecule has 1 unspecified atom stereocenters. The molecule has 1 amide bonds. The molecule has 2 aromatic carbocycles. The van der Waals surface area contributed by atoms with Crippen LogP contribution in [0.25, 0.3) is 0 Å². The first-order valence-electron chi connectivity index (χ1n) is 7.23. The molecule has 0 bridgehead atoms. The van der Waals surface area contributed by atoms with Gasteiger partial charge >= 0.3 is 0 Å². The molecule has 120 valence electrons. The van der Waals surface area contributed by atoms with E-state index in [0.717, 1.165) is 11.1 Å². The normalized spacial score (nSPS) is 11.5. The van der Waals surface area contributed by atoms with Gasteiger partial charge in [0.2, 0.25) is 5.91 Å². The molecule has 0 radical (unpaired) electrons. The fourth-order valence-corrected chi connectivity index (χ4v) is 2.20. The number of guanidine groups is 1. The minimum Gasteiger partial charge on any atom is -0.395 e. The summed E-state index contributed by atoms with van der Waals surface area (Å²) in [5.41, 5.74) is 7.67. The third kappa shape index (κ3) is 4.82. The van der Waals surface area contributed by atoms with Crippen LogP contribution in [0.2, 0.25) is 0 Å². The quantitative estimate of drug-likeness (QED) is 0.410. The summed E-state index contributed by atoms with van der Waals surface area (Å²) in [4.78, 5) is 12.2. The van der Waals surface area contributed by atoms with Crippen molar-refractivity contribution in [3.8, 4) is 0 Å². The number of hydrogen-bond donors (Lipinski definition) is 5. The molecule has 0 spiro atoms. The molecule has 6 N–H and O–H groups in total. The van der Waals surface area contributed by atoms with Crippen LogP contribution in [0.15, 0.2) is 54.6 Å². The van der Waals surface area contributed by atoms with Crippen molar-refractivity contribution in [1.29, 1.82) is 5.41 Å². The molecule has 2 rings (SSSR count). The Morgan fingerprint density at radius 1 is 1.13 bits per heavy atom. The van der Waals surface area contributed by atoms with Crippen molar-refractivity contribution in [2.24, 2.45) is 5.73 Å². The smallest absolute Gasteiger partial charge is 0.230 e. The van der Waals surface area contributed by atoms with Crippen molar-refractivity contribution in [2.45, 2.75) is 12.5 Å². The molecule has 0 saturated carbocycles. The molecule has 6 nitrogen and oxygen atoms in total. The van der Waals surface area contributed by atoms with Crippen molar-refractivity contribution in [1.82, 2.24) is 5.32 Å².